The molecule has 1 N–H and O–H groups in total. The molecule has 1 heterocycles. The number of carbonyl (C=O) groups is 1. The van der Waals surface area contributed by atoms with E-state index in [1.54, 1.807) is 0 Å². The van der Waals surface area contributed by atoms with Gasteiger partial charge in [0, 0.05) is 33.9 Å². The lowest BCUT2D eigenvalue weighted by molar-refractivity contribution is -0.117. The highest BCUT2D eigenvalue weighted by molar-refractivity contribution is 7.85. The van der Waals surface area contributed by atoms with Crippen LogP contribution in [0.15, 0.2) is 47.1 Å². The lowest BCUT2D eigenvalue weighted by atomic mass is 10.1. The minimum Gasteiger partial charge on any atom is -0.349 e. The Bertz CT molecular complexity index is 530. The number of hydrogen-bond donors (Lipinski definition) is 1. The second kappa shape index (κ2) is 4.69. The van der Waals surface area contributed by atoms with E-state index in [2.05, 4.69) is 5.32 Å². The first-order valence-electron chi connectivity index (χ1n) is 6.21. The molecule has 0 spiro atoms. The third-order valence-corrected chi connectivity index (χ3v) is 4.92. The van der Waals surface area contributed by atoms with Crippen molar-refractivity contribution < 1.29 is 9.00 Å². The fourth-order valence-corrected chi connectivity index (χ4v) is 3.79. The normalized spacial score (nSPS) is 29.4. The number of hydrogen-bond acceptors (Lipinski definition) is 2. The molecule has 2 aliphatic carbocycles. The zero-order valence-electron chi connectivity index (χ0n) is 10.0. The van der Waals surface area contributed by atoms with Crippen molar-refractivity contribution in [1.29, 1.82) is 0 Å². The van der Waals surface area contributed by atoms with E-state index in [-0.39, 0.29) is 11.9 Å². The molecule has 0 atom stereocenters. The Balaban J connectivity index is 1.68. The highest BCUT2D eigenvalue weighted by atomic mass is 32.2. The predicted octanol–water partition coefficient (Wildman–Crippen LogP) is 1.38. The van der Waals surface area contributed by atoms with Crippen LogP contribution >= 0.6 is 0 Å². The van der Waals surface area contributed by atoms with Gasteiger partial charge in [0.2, 0.25) is 0 Å². The number of fused-ring (bicyclic) bond motifs is 1. The van der Waals surface area contributed by atoms with Crippen LogP contribution in [0.5, 0.6) is 0 Å². The Morgan fingerprint density at radius 3 is 2.78 bits per heavy atom. The summed E-state index contributed by atoms with van der Waals surface area (Å²) in [5, 5.41) is 3.05. The lowest BCUT2D eigenvalue weighted by Gasteiger charge is -2.22. The minimum atomic E-state index is -0.680. The van der Waals surface area contributed by atoms with Crippen molar-refractivity contribution in [2.24, 2.45) is 0 Å². The van der Waals surface area contributed by atoms with Gasteiger partial charge in [-0.2, -0.15) is 0 Å². The van der Waals surface area contributed by atoms with Crippen LogP contribution in [0.4, 0.5) is 0 Å². The number of amides is 1. The van der Waals surface area contributed by atoms with Crippen molar-refractivity contribution in [2.45, 2.75) is 18.9 Å². The van der Waals surface area contributed by atoms with Crippen LogP contribution in [0.1, 0.15) is 12.8 Å². The van der Waals surface area contributed by atoms with Crippen molar-refractivity contribution in [3.05, 3.63) is 47.1 Å². The summed E-state index contributed by atoms with van der Waals surface area (Å²) in [5.74, 6) is 1.41. The minimum absolute atomic E-state index is 0.00566. The largest absolute Gasteiger partial charge is 0.349 e. The maximum atomic E-state index is 12.2. The molecule has 1 aliphatic heterocycles. The van der Waals surface area contributed by atoms with Gasteiger partial charge in [-0.15, -0.1) is 0 Å². The molecule has 18 heavy (non-hydrogen) atoms. The van der Waals surface area contributed by atoms with Gasteiger partial charge in [0.05, 0.1) is 0 Å². The second-order valence-electron chi connectivity index (χ2n) is 4.74. The molecule has 0 aromatic rings. The molecule has 0 saturated carbocycles. The van der Waals surface area contributed by atoms with Gasteiger partial charge >= 0.3 is 0 Å². The van der Waals surface area contributed by atoms with Crippen LogP contribution in [-0.2, 0) is 15.6 Å². The molecule has 0 unspecified atom stereocenters. The van der Waals surface area contributed by atoms with Crippen LogP contribution < -0.4 is 5.32 Å². The van der Waals surface area contributed by atoms with Crippen LogP contribution in [0.25, 0.3) is 0 Å². The van der Waals surface area contributed by atoms with E-state index in [9.17, 15) is 9.00 Å². The summed E-state index contributed by atoms with van der Waals surface area (Å²) in [6, 6.07) is 0.176. The third-order valence-electron chi connectivity index (χ3n) is 3.54. The fourth-order valence-electron chi connectivity index (χ4n) is 2.49. The molecular weight excluding hydrogens is 246 g/mol. The number of allylic oxidation sites excluding steroid dienone is 6. The Labute approximate surface area is 109 Å². The van der Waals surface area contributed by atoms with Crippen LogP contribution in [0.2, 0.25) is 0 Å². The van der Waals surface area contributed by atoms with E-state index < -0.39 is 10.8 Å². The fraction of sp³-hybridized carbons (Fsp3) is 0.357. The Morgan fingerprint density at radius 1 is 1.22 bits per heavy atom. The average Bonchev–Trinajstić information content (AvgIpc) is 2.93. The van der Waals surface area contributed by atoms with Crippen molar-refractivity contribution in [1.82, 2.24) is 5.32 Å². The van der Waals surface area contributed by atoms with Crippen molar-refractivity contribution in [3.63, 3.8) is 0 Å². The molecular formula is C14H15NO2S. The molecule has 0 aromatic carbocycles. The molecule has 1 saturated heterocycles. The van der Waals surface area contributed by atoms with E-state index in [4.69, 9.17) is 0 Å². The zero-order chi connectivity index (χ0) is 12.5. The third kappa shape index (κ3) is 2.12. The van der Waals surface area contributed by atoms with Gasteiger partial charge in [-0.25, -0.2) is 0 Å². The molecule has 94 valence electrons. The summed E-state index contributed by atoms with van der Waals surface area (Å²) in [7, 11) is -0.680. The monoisotopic (exact) mass is 261 g/mol. The Hall–Kier alpha value is -1.42. The van der Waals surface area contributed by atoms with E-state index in [0.29, 0.717) is 11.5 Å². The first-order valence-corrected chi connectivity index (χ1v) is 7.70. The molecule has 3 aliphatic rings. The standard InChI is InChI=1S/C14H15NO2S/c16-14(15-11-6-8-18(17)9-7-11)13-5-4-10-2-1-3-12(10)13/h1-5,11H,6-9H2,(H,15,16). The van der Waals surface area contributed by atoms with Crippen molar-refractivity contribution >= 4 is 16.7 Å². The van der Waals surface area contributed by atoms with Gasteiger partial charge in [-0.05, 0) is 30.1 Å². The molecule has 1 amide bonds. The van der Waals surface area contributed by atoms with Gasteiger partial charge in [0.15, 0.2) is 0 Å². The summed E-state index contributed by atoms with van der Waals surface area (Å²) >= 11 is 0. The molecule has 3 rings (SSSR count). The summed E-state index contributed by atoms with van der Waals surface area (Å²) in [4.78, 5) is 12.2. The molecule has 0 radical (unpaired) electrons. The Morgan fingerprint density at radius 2 is 2.00 bits per heavy atom. The maximum Gasteiger partial charge on any atom is 0.252 e. The van der Waals surface area contributed by atoms with Gasteiger partial charge in [-0.3, -0.25) is 9.00 Å². The van der Waals surface area contributed by atoms with Gasteiger partial charge in [0.25, 0.3) is 5.91 Å². The first kappa shape index (κ1) is 11.7. The van der Waals surface area contributed by atoms with E-state index in [1.807, 2.05) is 30.4 Å². The molecule has 1 fully saturated rings. The zero-order valence-corrected chi connectivity index (χ0v) is 10.8. The summed E-state index contributed by atoms with van der Waals surface area (Å²) in [6.07, 6.45) is 11.4. The van der Waals surface area contributed by atoms with Crippen molar-refractivity contribution in [2.75, 3.05) is 11.5 Å². The highest BCUT2D eigenvalue weighted by Gasteiger charge is 2.24. The molecule has 3 nitrogen and oxygen atoms in total. The van der Waals surface area contributed by atoms with E-state index in [0.717, 1.165) is 29.6 Å². The van der Waals surface area contributed by atoms with E-state index >= 15 is 0 Å². The van der Waals surface area contributed by atoms with Gasteiger partial charge in [0.1, 0.15) is 0 Å². The second-order valence-corrected chi connectivity index (χ2v) is 6.43. The first-order chi connectivity index (χ1) is 8.74. The predicted molar refractivity (Wildman–Crippen MR) is 72.4 cm³/mol. The van der Waals surface area contributed by atoms with Crippen LogP contribution in [0, 0.1) is 0 Å². The van der Waals surface area contributed by atoms with Gasteiger partial charge < -0.3 is 5.32 Å². The highest BCUT2D eigenvalue weighted by Crippen LogP contribution is 2.30. The average molecular weight is 261 g/mol. The van der Waals surface area contributed by atoms with Crippen LogP contribution in [0.3, 0.4) is 0 Å². The Kier molecular flexibility index (Phi) is 3.04. The summed E-state index contributed by atoms with van der Waals surface area (Å²) in [5.41, 5.74) is 2.89. The lowest BCUT2D eigenvalue weighted by Crippen LogP contribution is -2.40. The quantitative estimate of drug-likeness (QED) is 0.816. The topological polar surface area (TPSA) is 46.2 Å². The summed E-state index contributed by atoms with van der Waals surface area (Å²) < 4.78 is 11.3. The number of rotatable bonds is 2. The smallest absolute Gasteiger partial charge is 0.252 e. The maximum absolute atomic E-state index is 12.2. The number of nitrogens with one attached hydrogen (secondary N) is 1. The van der Waals surface area contributed by atoms with Crippen LogP contribution in [-0.4, -0.2) is 27.7 Å². The molecule has 0 aromatic heterocycles. The summed E-state index contributed by atoms with van der Waals surface area (Å²) in [6.45, 7) is 0. The molecule has 0 bridgehead atoms. The van der Waals surface area contributed by atoms with Gasteiger partial charge in [-0.1, -0.05) is 24.3 Å². The molecule has 4 heteroatoms. The number of carbonyl (C=O) groups excluding carboxylic acids is 1. The van der Waals surface area contributed by atoms with Crippen molar-refractivity contribution in [3.8, 4) is 0 Å². The SMILES string of the molecule is O=C(NC1CCS(=O)CC1)C1=C2C=CC=C2C=C1. The van der Waals surface area contributed by atoms with E-state index in [1.165, 1.54) is 0 Å².